The summed E-state index contributed by atoms with van der Waals surface area (Å²) in [6, 6.07) is 2.11. The van der Waals surface area contributed by atoms with Crippen molar-refractivity contribution in [2.75, 3.05) is 31.1 Å². The van der Waals surface area contributed by atoms with Crippen LogP contribution in [0.3, 0.4) is 0 Å². The van der Waals surface area contributed by atoms with Crippen LogP contribution >= 0.6 is 0 Å². The molecule has 0 amide bonds. The van der Waals surface area contributed by atoms with Gasteiger partial charge in [-0.2, -0.15) is 0 Å². The molecule has 1 N–H and O–H groups in total. The standard InChI is InChI=1S/C17H25N3O/c1-4-5-15-16(12-13(2)14(3)21)19-7-6-17(15)20-10-8-18-9-11-20/h6-7,18H,2,4-5,8-12H2,1,3H3. The fraction of sp³-hybridized carbons (Fsp3) is 0.529. The molecule has 0 spiro atoms. The van der Waals surface area contributed by atoms with E-state index in [4.69, 9.17) is 0 Å². The van der Waals surface area contributed by atoms with Gasteiger partial charge in [0.1, 0.15) is 0 Å². The summed E-state index contributed by atoms with van der Waals surface area (Å²) in [4.78, 5) is 18.4. The lowest BCUT2D eigenvalue weighted by atomic mass is 9.99. The number of nitrogens with zero attached hydrogens (tertiary/aromatic N) is 2. The van der Waals surface area contributed by atoms with Crippen LogP contribution in [0.4, 0.5) is 5.69 Å². The predicted octanol–water partition coefficient (Wildman–Crippen LogP) is 2.13. The monoisotopic (exact) mass is 287 g/mol. The molecule has 2 heterocycles. The van der Waals surface area contributed by atoms with Crippen LogP contribution in [0.1, 0.15) is 31.5 Å². The Bertz CT molecular complexity index is 519. The van der Waals surface area contributed by atoms with Crippen molar-refractivity contribution in [1.82, 2.24) is 10.3 Å². The van der Waals surface area contributed by atoms with Crippen molar-refractivity contribution in [1.29, 1.82) is 0 Å². The van der Waals surface area contributed by atoms with E-state index in [1.54, 1.807) is 6.92 Å². The van der Waals surface area contributed by atoms with Crippen molar-refractivity contribution in [2.24, 2.45) is 0 Å². The molecule has 1 fully saturated rings. The van der Waals surface area contributed by atoms with E-state index in [2.05, 4.69) is 34.8 Å². The molecule has 21 heavy (non-hydrogen) atoms. The Kier molecular flexibility index (Phi) is 5.51. The highest BCUT2D eigenvalue weighted by atomic mass is 16.1. The van der Waals surface area contributed by atoms with E-state index in [0.717, 1.165) is 44.7 Å². The largest absolute Gasteiger partial charge is 0.369 e. The highest BCUT2D eigenvalue weighted by molar-refractivity contribution is 5.93. The SMILES string of the molecule is C=C(Cc1nccc(N2CCNCC2)c1CCC)C(C)=O. The first-order chi connectivity index (χ1) is 10.1. The van der Waals surface area contributed by atoms with E-state index < -0.39 is 0 Å². The van der Waals surface area contributed by atoms with Crippen LogP contribution in [0.25, 0.3) is 0 Å². The van der Waals surface area contributed by atoms with Gasteiger partial charge in [-0.15, -0.1) is 0 Å². The molecule has 1 aliphatic heterocycles. The number of Topliss-reactive ketones (excluding diaryl/α,β-unsaturated/α-hetero) is 1. The molecule has 4 nitrogen and oxygen atoms in total. The van der Waals surface area contributed by atoms with Crippen molar-refractivity contribution >= 4 is 11.5 Å². The molecule has 0 aliphatic carbocycles. The maximum atomic E-state index is 11.5. The van der Waals surface area contributed by atoms with Crippen molar-refractivity contribution in [3.05, 3.63) is 35.7 Å². The average molecular weight is 287 g/mol. The molecule has 4 heteroatoms. The van der Waals surface area contributed by atoms with Gasteiger partial charge in [0.25, 0.3) is 0 Å². The number of carbonyl (C=O) groups excluding carboxylic acids is 1. The lowest BCUT2D eigenvalue weighted by Gasteiger charge is -2.31. The van der Waals surface area contributed by atoms with Crippen LogP contribution in [0.15, 0.2) is 24.4 Å². The van der Waals surface area contributed by atoms with Crippen LogP contribution in [-0.2, 0) is 17.6 Å². The second kappa shape index (κ2) is 7.36. The fourth-order valence-electron chi connectivity index (χ4n) is 2.73. The highest BCUT2D eigenvalue weighted by Crippen LogP contribution is 2.26. The third kappa shape index (κ3) is 3.91. The molecular formula is C17H25N3O. The van der Waals surface area contributed by atoms with Gasteiger partial charge in [-0.05, 0) is 30.5 Å². The number of hydrogen-bond donors (Lipinski definition) is 1. The molecular weight excluding hydrogens is 262 g/mol. The topological polar surface area (TPSA) is 45.2 Å². The van der Waals surface area contributed by atoms with Gasteiger partial charge in [0.15, 0.2) is 5.78 Å². The maximum Gasteiger partial charge on any atom is 0.155 e. The molecule has 0 radical (unpaired) electrons. The summed E-state index contributed by atoms with van der Waals surface area (Å²) >= 11 is 0. The number of rotatable bonds is 6. The summed E-state index contributed by atoms with van der Waals surface area (Å²) in [5.41, 5.74) is 4.20. The predicted molar refractivity (Wildman–Crippen MR) is 86.8 cm³/mol. The van der Waals surface area contributed by atoms with E-state index in [1.807, 2.05) is 6.20 Å². The van der Waals surface area contributed by atoms with Crippen molar-refractivity contribution < 1.29 is 4.79 Å². The summed E-state index contributed by atoms with van der Waals surface area (Å²) in [6.07, 6.45) is 4.49. The van der Waals surface area contributed by atoms with Gasteiger partial charge in [-0.3, -0.25) is 9.78 Å². The lowest BCUT2D eigenvalue weighted by molar-refractivity contribution is -0.113. The molecule has 1 aliphatic rings. The Morgan fingerprint density at radius 2 is 2.14 bits per heavy atom. The Morgan fingerprint density at radius 1 is 1.43 bits per heavy atom. The zero-order chi connectivity index (χ0) is 15.2. The minimum atomic E-state index is 0.0480. The first-order valence-electron chi connectivity index (χ1n) is 7.74. The number of piperazine rings is 1. The summed E-state index contributed by atoms with van der Waals surface area (Å²) in [5, 5.41) is 3.38. The highest BCUT2D eigenvalue weighted by Gasteiger charge is 2.17. The zero-order valence-corrected chi connectivity index (χ0v) is 13.1. The molecule has 1 aromatic rings. The van der Waals surface area contributed by atoms with Crippen LogP contribution in [0.2, 0.25) is 0 Å². The molecule has 2 rings (SSSR count). The van der Waals surface area contributed by atoms with Gasteiger partial charge in [0, 0.05) is 44.5 Å². The van der Waals surface area contributed by atoms with Gasteiger partial charge in [-0.25, -0.2) is 0 Å². The number of carbonyl (C=O) groups is 1. The van der Waals surface area contributed by atoms with Gasteiger partial charge in [0.2, 0.25) is 0 Å². The molecule has 0 saturated carbocycles. The smallest absolute Gasteiger partial charge is 0.155 e. The van der Waals surface area contributed by atoms with E-state index >= 15 is 0 Å². The van der Waals surface area contributed by atoms with E-state index in [1.165, 1.54) is 11.3 Å². The first kappa shape index (κ1) is 15.7. The molecule has 0 aromatic carbocycles. The third-order valence-electron chi connectivity index (χ3n) is 3.96. The van der Waals surface area contributed by atoms with Gasteiger partial charge in [-0.1, -0.05) is 19.9 Å². The first-order valence-corrected chi connectivity index (χ1v) is 7.74. The summed E-state index contributed by atoms with van der Waals surface area (Å²) in [5.74, 6) is 0.0480. The second-order valence-electron chi connectivity index (χ2n) is 5.58. The van der Waals surface area contributed by atoms with E-state index in [-0.39, 0.29) is 5.78 Å². The maximum absolute atomic E-state index is 11.5. The Hall–Kier alpha value is -1.68. The molecule has 114 valence electrons. The van der Waals surface area contributed by atoms with E-state index in [9.17, 15) is 4.79 Å². The normalized spacial score (nSPS) is 15.0. The van der Waals surface area contributed by atoms with Crippen LogP contribution in [0, 0.1) is 0 Å². The molecule has 1 saturated heterocycles. The summed E-state index contributed by atoms with van der Waals surface area (Å²) in [6.45, 7) is 11.7. The summed E-state index contributed by atoms with van der Waals surface area (Å²) < 4.78 is 0. The van der Waals surface area contributed by atoms with Crippen molar-refractivity contribution in [3.63, 3.8) is 0 Å². The number of ketones is 1. The molecule has 1 aromatic heterocycles. The second-order valence-corrected chi connectivity index (χ2v) is 5.58. The molecule has 0 unspecified atom stereocenters. The third-order valence-corrected chi connectivity index (χ3v) is 3.96. The Labute approximate surface area is 127 Å². The Balaban J connectivity index is 2.31. The molecule has 0 atom stereocenters. The van der Waals surface area contributed by atoms with Gasteiger partial charge >= 0.3 is 0 Å². The van der Waals surface area contributed by atoms with Crippen LogP contribution in [-0.4, -0.2) is 36.9 Å². The quantitative estimate of drug-likeness (QED) is 0.814. The minimum Gasteiger partial charge on any atom is -0.369 e. The fourth-order valence-corrected chi connectivity index (χ4v) is 2.73. The molecule has 0 bridgehead atoms. The van der Waals surface area contributed by atoms with E-state index in [0.29, 0.717) is 12.0 Å². The number of allylic oxidation sites excluding steroid dienone is 1. The number of pyridine rings is 1. The zero-order valence-electron chi connectivity index (χ0n) is 13.1. The van der Waals surface area contributed by atoms with Gasteiger partial charge < -0.3 is 10.2 Å². The summed E-state index contributed by atoms with van der Waals surface area (Å²) in [7, 11) is 0. The van der Waals surface area contributed by atoms with Crippen LogP contribution in [0.5, 0.6) is 0 Å². The number of aromatic nitrogens is 1. The van der Waals surface area contributed by atoms with Crippen molar-refractivity contribution in [2.45, 2.75) is 33.1 Å². The van der Waals surface area contributed by atoms with Crippen molar-refractivity contribution in [3.8, 4) is 0 Å². The minimum absolute atomic E-state index is 0.0480. The number of hydrogen-bond acceptors (Lipinski definition) is 4. The Morgan fingerprint density at radius 3 is 2.76 bits per heavy atom. The average Bonchev–Trinajstić information content (AvgIpc) is 2.50. The van der Waals surface area contributed by atoms with Gasteiger partial charge in [0.05, 0.1) is 5.69 Å². The number of anilines is 1. The number of nitrogens with one attached hydrogen (secondary N) is 1. The van der Waals surface area contributed by atoms with Crippen LogP contribution < -0.4 is 10.2 Å². The lowest BCUT2D eigenvalue weighted by Crippen LogP contribution is -2.44.